The van der Waals surface area contributed by atoms with E-state index in [2.05, 4.69) is 15.9 Å². The van der Waals surface area contributed by atoms with Crippen LogP contribution in [0.25, 0.3) is 0 Å². The number of nitrogens with two attached hydrogens (primary N) is 1. The van der Waals surface area contributed by atoms with Crippen molar-refractivity contribution in [3.63, 3.8) is 0 Å². The van der Waals surface area contributed by atoms with Crippen LogP contribution in [0.5, 0.6) is 11.5 Å². The highest BCUT2D eigenvalue weighted by atomic mass is 79.9. The highest BCUT2D eigenvalue weighted by Crippen LogP contribution is 2.31. The zero-order chi connectivity index (χ0) is 15.6. The quantitative estimate of drug-likeness (QED) is 0.851. The fraction of sp³-hybridized carbons (Fsp3) is 0.294. The molecule has 0 aliphatic heterocycles. The number of benzene rings is 2. The minimum absolute atomic E-state index is 0.0532. The molecule has 0 heterocycles. The summed E-state index contributed by atoms with van der Waals surface area (Å²) in [4.78, 5) is 0. The molecule has 0 saturated heterocycles. The zero-order valence-corrected chi connectivity index (χ0v) is 14.0. The van der Waals surface area contributed by atoms with Crippen molar-refractivity contribution in [1.29, 1.82) is 0 Å². The van der Waals surface area contributed by atoms with Gasteiger partial charge < -0.3 is 10.5 Å². The summed E-state index contributed by atoms with van der Waals surface area (Å²) in [5.74, 6) is 1.11. The summed E-state index contributed by atoms with van der Waals surface area (Å²) in [6.45, 7) is 5.91. The van der Waals surface area contributed by atoms with Gasteiger partial charge in [0.15, 0.2) is 0 Å². The van der Waals surface area contributed by atoms with Crippen molar-refractivity contribution < 1.29 is 9.13 Å². The largest absolute Gasteiger partial charge is 0.457 e. The number of hydrogen-bond acceptors (Lipinski definition) is 2. The molecule has 1 unspecified atom stereocenters. The van der Waals surface area contributed by atoms with Gasteiger partial charge in [0, 0.05) is 10.5 Å². The highest BCUT2D eigenvalue weighted by Gasteiger charge is 2.10. The summed E-state index contributed by atoms with van der Waals surface area (Å²) in [6.07, 6.45) is 0.571. The van der Waals surface area contributed by atoms with Crippen molar-refractivity contribution in [1.82, 2.24) is 0 Å². The Bertz CT molecular complexity index is 632. The highest BCUT2D eigenvalue weighted by molar-refractivity contribution is 9.10. The van der Waals surface area contributed by atoms with Crippen molar-refractivity contribution in [2.75, 3.05) is 0 Å². The molecule has 2 rings (SSSR count). The molecule has 0 aromatic heterocycles. The lowest BCUT2D eigenvalue weighted by molar-refractivity contribution is 0.470. The van der Waals surface area contributed by atoms with Gasteiger partial charge >= 0.3 is 0 Å². The molecule has 0 bridgehead atoms. The average molecular weight is 352 g/mol. The molecule has 2 N–H and O–H groups in total. The Balaban J connectivity index is 2.35. The van der Waals surface area contributed by atoms with Crippen LogP contribution in [0.1, 0.15) is 23.6 Å². The van der Waals surface area contributed by atoms with E-state index in [-0.39, 0.29) is 11.9 Å². The summed E-state index contributed by atoms with van der Waals surface area (Å²) < 4.78 is 20.4. The molecule has 2 aromatic carbocycles. The van der Waals surface area contributed by atoms with Crippen LogP contribution in [0.4, 0.5) is 4.39 Å². The fourth-order valence-electron chi connectivity index (χ4n) is 2.25. The molecule has 1 atom stereocenters. The van der Waals surface area contributed by atoms with Crippen LogP contribution in [0, 0.1) is 19.7 Å². The van der Waals surface area contributed by atoms with Gasteiger partial charge in [-0.05, 0) is 74.2 Å². The third-order valence-corrected chi connectivity index (χ3v) is 4.45. The van der Waals surface area contributed by atoms with E-state index in [4.69, 9.17) is 10.5 Å². The first-order valence-corrected chi connectivity index (χ1v) is 7.64. The lowest BCUT2D eigenvalue weighted by Gasteiger charge is -2.14. The smallest absolute Gasteiger partial charge is 0.130 e. The Morgan fingerprint density at radius 1 is 1.19 bits per heavy atom. The van der Waals surface area contributed by atoms with E-state index in [0.717, 1.165) is 26.9 Å². The number of ether oxygens (including phenoxy) is 1. The molecule has 2 nitrogen and oxygen atoms in total. The minimum atomic E-state index is -0.277. The number of aryl methyl sites for hydroxylation is 2. The summed E-state index contributed by atoms with van der Waals surface area (Å²) in [5, 5.41) is 0. The number of halogens is 2. The van der Waals surface area contributed by atoms with Crippen molar-refractivity contribution in [2.24, 2.45) is 5.73 Å². The predicted molar refractivity (Wildman–Crippen MR) is 87.4 cm³/mol. The van der Waals surface area contributed by atoms with E-state index >= 15 is 0 Å². The van der Waals surface area contributed by atoms with Gasteiger partial charge in [-0.1, -0.05) is 15.9 Å². The van der Waals surface area contributed by atoms with Crippen LogP contribution in [0.3, 0.4) is 0 Å². The second kappa shape index (κ2) is 6.58. The number of hydrogen-bond donors (Lipinski definition) is 1. The monoisotopic (exact) mass is 351 g/mol. The predicted octanol–water partition coefficient (Wildman–Crippen LogP) is 4.89. The summed E-state index contributed by atoms with van der Waals surface area (Å²) in [5.41, 5.74) is 8.80. The van der Waals surface area contributed by atoms with Gasteiger partial charge in [-0.25, -0.2) is 4.39 Å². The second-order valence-electron chi connectivity index (χ2n) is 5.41. The minimum Gasteiger partial charge on any atom is -0.457 e. The van der Waals surface area contributed by atoms with Gasteiger partial charge in [-0.15, -0.1) is 0 Å². The van der Waals surface area contributed by atoms with E-state index in [1.165, 1.54) is 12.1 Å². The molecule has 112 valence electrons. The fourth-order valence-corrected chi connectivity index (χ4v) is 2.47. The summed E-state index contributed by atoms with van der Waals surface area (Å²) in [6, 6.07) is 8.39. The van der Waals surface area contributed by atoms with E-state index in [0.29, 0.717) is 12.2 Å². The van der Waals surface area contributed by atoms with E-state index in [1.807, 2.05) is 32.9 Å². The molecular weight excluding hydrogens is 333 g/mol. The van der Waals surface area contributed by atoms with Crippen molar-refractivity contribution in [2.45, 2.75) is 33.2 Å². The lowest BCUT2D eigenvalue weighted by atomic mass is 10.1. The van der Waals surface area contributed by atoms with Crippen LogP contribution in [0.2, 0.25) is 0 Å². The van der Waals surface area contributed by atoms with Gasteiger partial charge in [0.25, 0.3) is 0 Å². The molecule has 0 aliphatic carbocycles. The Kier molecular flexibility index (Phi) is 5.01. The zero-order valence-electron chi connectivity index (χ0n) is 12.4. The molecule has 0 aliphatic rings. The normalized spacial score (nSPS) is 12.3. The molecule has 2 aromatic rings. The maximum Gasteiger partial charge on any atom is 0.130 e. The van der Waals surface area contributed by atoms with Gasteiger partial charge in [-0.3, -0.25) is 0 Å². The topological polar surface area (TPSA) is 35.2 Å². The van der Waals surface area contributed by atoms with Crippen LogP contribution in [0.15, 0.2) is 34.8 Å². The molecule has 0 saturated carbocycles. The first kappa shape index (κ1) is 16.0. The van der Waals surface area contributed by atoms with Crippen LogP contribution in [-0.4, -0.2) is 6.04 Å². The Morgan fingerprint density at radius 2 is 1.81 bits per heavy atom. The molecular formula is C17H19BrFNO. The van der Waals surface area contributed by atoms with Crippen LogP contribution >= 0.6 is 15.9 Å². The Hall–Kier alpha value is -1.39. The maximum absolute atomic E-state index is 13.4. The lowest BCUT2D eigenvalue weighted by Crippen LogP contribution is -2.18. The molecule has 0 fully saturated rings. The molecule has 4 heteroatoms. The molecule has 0 spiro atoms. The third kappa shape index (κ3) is 4.05. The first-order chi connectivity index (χ1) is 9.86. The van der Waals surface area contributed by atoms with Gasteiger partial charge in [0.05, 0.1) is 0 Å². The molecule has 21 heavy (non-hydrogen) atoms. The van der Waals surface area contributed by atoms with Gasteiger partial charge in [0.2, 0.25) is 0 Å². The van der Waals surface area contributed by atoms with Crippen molar-refractivity contribution in [3.05, 3.63) is 57.3 Å². The van der Waals surface area contributed by atoms with Crippen molar-refractivity contribution >= 4 is 15.9 Å². The standard InChI is InChI=1S/C17H19BrFNO/c1-10-6-15(7-11(2)17(10)18)21-16-5-4-14(19)9-13(16)8-12(3)20/h4-7,9,12H,8,20H2,1-3H3. The average Bonchev–Trinajstić information content (AvgIpc) is 2.38. The van der Waals surface area contributed by atoms with Crippen LogP contribution < -0.4 is 10.5 Å². The maximum atomic E-state index is 13.4. The molecule has 0 radical (unpaired) electrons. The third-order valence-electron chi connectivity index (χ3n) is 3.20. The van der Waals surface area contributed by atoms with Crippen LogP contribution in [-0.2, 0) is 6.42 Å². The number of rotatable bonds is 4. The summed E-state index contributed by atoms with van der Waals surface area (Å²) in [7, 11) is 0. The van der Waals surface area contributed by atoms with Crippen molar-refractivity contribution in [3.8, 4) is 11.5 Å². The molecule has 0 amide bonds. The van der Waals surface area contributed by atoms with E-state index < -0.39 is 0 Å². The SMILES string of the molecule is Cc1cc(Oc2ccc(F)cc2CC(C)N)cc(C)c1Br. The van der Waals surface area contributed by atoms with E-state index in [9.17, 15) is 4.39 Å². The van der Waals surface area contributed by atoms with E-state index in [1.54, 1.807) is 6.07 Å². The van der Waals surface area contributed by atoms with Gasteiger partial charge in [0.1, 0.15) is 17.3 Å². The summed E-state index contributed by atoms with van der Waals surface area (Å²) >= 11 is 3.53. The second-order valence-corrected chi connectivity index (χ2v) is 6.20. The first-order valence-electron chi connectivity index (χ1n) is 6.85. The Morgan fingerprint density at radius 3 is 2.38 bits per heavy atom. The Labute approximate surface area is 133 Å². The van der Waals surface area contributed by atoms with Gasteiger partial charge in [-0.2, -0.15) is 0 Å².